The number of tetrazole rings is 1. The second-order valence-electron chi connectivity index (χ2n) is 7.76. The number of amides is 1. The van der Waals surface area contributed by atoms with Crippen LogP contribution in [-0.2, 0) is 11.3 Å². The maximum absolute atomic E-state index is 12.4. The van der Waals surface area contributed by atoms with Crippen molar-refractivity contribution in [1.82, 2.24) is 30.4 Å². The molecule has 0 radical (unpaired) electrons. The maximum Gasteiger partial charge on any atom is 0.230 e. The average Bonchev–Trinajstić information content (AvgIpc) is 3.37. The summed E-state index contributed by atoms with van der Waals surface area (Å²) in [4.78, 5) is 14.8. The van der Waals surface area contributed by atoms with Gasteiger partial charge in [0, 0.05) is 25.7 Å². The van der Waals surface area contributed by atoms with E-state index in [0.29, 0.717) is 11.8 Å². The molecule has 1 aromatic carbocycles. The predicted molar refractivity (Wildman–Crippen MR) is 109 cm³/mol. The lowest BCUT2D eigenvalue weighted by atomic mass is 9.96. The fourth-order valence-electron chi connectivity index (χ4n) is 4.17. The predicted octanol–water partition coefficient (Wildman–Crippen LogP) is 2.66. The smallest absolute Gasteiger partial charge is 0.230 e. The highest BCUT2D eigenvalue weighted by Gasteiger charge is 2.25. The third-order valence-corrected chi connectivity index (χ3v) is 6.54. The Morgan fingerprint density at radius 3 is 2.79 bits per heavy atom. The highest BCUT2D eigenvalue weighted by molar-refractivity contribution is 7.99. The van der Waals surface area contributed by atoms with E-state index in [0.717, 1.165) is 44.1 Å². The Hall–Kier alpha value is -1.93. The number of nitrogens with one attached hydrogen (secondary N) is 1. The van der Waals surface area contributed by atoms with Gasteiger partial charge in [-0.1, -0.05) is 61.4 Å². The molecule has 8 heteroatoms. The number of hydrogen-bond donors (Lipinski definition) is 1. The van der Waals surface area contributed by atoms with E-state index in [4.69, 9.17) is 0 Å². The fourth-order valence-corrected chi connectivity index (χ4v) is 4.93. The summed E-state index contributed by atoms with van der Waals surface area (Å²) in [7, 11) is 0. The Balaban J connectivity index is 1.22. The van der Waals surface area contributed by atoms with Crippen LogP contribution < -0.4 is 5.32 Å². The van der Waals surface area contributed by atoms with Crippen LogP contribution in [-0.4, -0.2) is 55.9 Å². The number of carbonyl (C=O) groups is 1. The highest BCUT2D eigenvalue weighted by atomic mass is 32.2. The van der Waals surface area contributed by atoms with Gasteiger partial charge in [-0.3, -0.25) is 9.69 Å². The zero-order valence-electron chi connectivity index (χ0n) is 16.2. The number of likely N-dealkylation sites (tertiary alicyclic amines) is 1. The molecular weight excluding hydrogens is 372 g/mol. The van der Waals surface area contributed by atoms with E-state index in [1.807, 2.05) is 10.7 Å². The second-order valence-corrected chi connectivity index (χ2v) is 8.70. The maximum atomic E-state index is 12.4. The normalized spacial score (nSPS) is 21.1. The summed E-state index contributed by atoms with van der Waals surface area (Å²) in [5.74, 6) is 0.428. The molecule has 150 valence electrons. The number of carbonyl (C=O) groups excluding carboxylic acids is 1. The van der Waals surface area contributed by atoms with Gasteiger partial charge in [0.25, 0.3) is 0 Å². The Morgan fingerprint density at radius 2 is 1.96 bits per heavy atom. The van der Waals surface area contributed by atoms with E-state index < -0.39 is 0 Å². The molecule has 28 heavy (non-hydrogen) atoms. The molecule has 1 N–H and O–H groups in total. The van der Waals surface area contributed by atoms with Crippen LogP contribution in [0.3, 0.4) is 0 Å². The lowest BCUT2D eigenvalue weighted by molar-refractivity contribution is -0.119. The summed E-state index contributed by atoms with van der Waals surface area (Å²) in [5.41, 5.74) is 1.32. The molecule has 1 aliphatic carbocycles. The zero-order chi connectivity index (χ0) is 19.2. The quantitative estimate of drug-likeness (QED) is 0.720. The van der Waals surface area contributed by atoms with Crippen LogP contribution in [0.4, 0.5) is 0 Å². The van der Waals surface area contributed by atoms with Crippen LogP contribution in [0.2, 0.25) is 0 Å². The van der Waals surface area contributed by atoms with Crippen LogP contribution in [0.1, 0.15) is 50.1 Å². The van der Waals surface area contributed by atoms with Crippen molar-refractivity contribution in [2.45, 2.75) is 62.3 Å². The summed E-state index contributed by atoms with van der Waals surface area (Å²) in [6, 6.07) is 11.1. The molecule has 1 saturated carbocycles. The Morgan fingerprint density at radius 1 is 1.14 bits per heavy atom. The van der Waals surface area contributed by atoms with Gasteiger partial charge in [0.15, 0.2) is 0 Å². The second kappa shape index (κ2) is 9.52. The van der Waals surface area contributed by atoms with Crippen LogP contribution >= 0.6 is 11.8 Å². The zero-order valence-corrected chi connectivity index (χ0v) is 17.0. The highest BCUT2D eigenvalue weighted by Crippen LogP contribution is 2.30. The molecule has 1 atom stereocenters. The lowest BCUT2D eigenvalue weighted by Gasteiger charge is -2.22. The number of nitrogens with zero attached hydrogens (tertiary/aromatic N) is 5. The largest absolute Gasteiger partial charge is 0.351 e. The first-order valence-corrected chi connectivity index (χ1v) is 11.2. The van der Waals surface area contributed by atoms with Gasteiger partial charge in [-0.2, -0.15) is 0 Å². The van der Waals surface area contributed by atoms with Crippen molar-refractivity contribution < 1.29 is 4.79 Å². The monoisotopic (exact) mass is 400 g/mol. The van der Waals surface area contributed by atoms with E-state index in [2.05, 4.69) is 50.0 Å². The van der Waals surface area contributed by atoms with Gasteiger partial charge in [0.1, 0.15) is 0 Å². The van der Waals surface area contributed by atoms with Crippen LogP contribution in [0.5, 0.6) is 0 Å². The summed E-state index contributed by atoms with van der Waals surface area (Å²) < 4.78 is 1.92. The van der Waals surface area contributed by atoms with Crippen molar-refractivity contribution in [3.8, 4) is 0 Å². The van der Waals surface area contributed by atoms with Gasteiger partial charge in [-0.05, 0) is 35.3 Å². The van der Waals surface area contributed by atoms with Crippen LogP contribution in [0.15, 0.2) is 35.5 Å². The Kier molecular flexibility index (Phi) is 6.59. The van der Waals surface area contributed by atoms with Gasteiger partial charge in [-0.25, -0.2) is 4.68 Å². The topological polar surface area (TPSA) is 75.9 Å². The first-order valence-electron chi connectivity index (χ1n) is 10.2. The van der Waals surface area contributed by atoms with E-state index >= 15 is 0 Å². The number of rotatable bonds is 7. The molecule has 1 aromatic heterocycles. The first kappa shape index (κ1) is 19.4. The van der Waals surface area contributed by atoms with Crippen molar-refractivity contribution in [2.75, 3.05) is 18.8 Å². The Labute approximate surface area is 170 Å². The fraction of sp³-hybridized carbons (Fsp3) is 0.600. The average molecular weight is 401 g/mol. The number of thioether (sulfide) groups is 1. The van der Waals surface area contributed by atoms with E-state index in [1.54, 1.807) is 0 Å². The molecule has 1 aliphatic heterocycles. The molecule has 2 heterocycles. The molecular formula is C20H28N6OS. The molecule has 2 aliphatic rings. The molecule has 1 amide bonds. The molecule has 2 fully saturated rings. The van der Waals surface area contributed by atoms with Gasteiger partial charge < -0.3 is 5.32 Å². The first-order chi connectivity index (χ1) is 13.8. The van der Waals surface area contributed by atoms with Crippen molar-refractivity contribution in [3.63, 3.8) is 0 Å². The number of benzene rings is 1. The molecule has 0 unspecified atom stereocenters. The molecule has 0 bridgehead atoms. The minimum atomic E-state index is 0.0646. The van der Waals surface area contributed by atoms with Crippen LogP contribution in [0.25, 0.3) is 0 Å². The summed E-state index contributed by atoms with van der Waals surface area (Å²) in [6.07, 6.45) is 7.02. The van der Waals surface area contributed by atoms with Gasteiger partial charge in [0.2, 0.25) is 11.1 Å². The molecule has 7 nitrogen and oxygen atoms in total. The number of aromatic nitrogens is 4. The van der Waals surface area contributed by atoms with Crippen molar-refractivity contribution >= 4 is 17.7 Å². The molecule has 1 saturated heterocycles. The van der Waals surface area contributed by atoms with Crippen molar-refractivity contribution in [1.29, 1.82) is 0 Å². The number of hydrogen-bond acceptors (Lipinski definition) is 6. The van der Waals surface area contributed by atoms with E-state index in [9.17, 15) is 4.79 Å². The van der Waals surface area contributed by atoms with Crippen molar-refractivity contribution in [3.05, 3.63) is 35.9 Å². The summed E-state index contributed by atoms with van der Waals surface area (Å²) >= 11 is 1.44. The van der Waals surface area contributed by atoms with Gasteiger partial charge in [0.05, 0.1) is 11.8 Å². The Bertz CT molecular complexity index is 761. The summed E-state index contributed by atoms with van der Waals surface area (Å²) in [5, 5.41) is 16.1. The van der Waals surface area contributed by atoms with E-state index in [1.165, 1.54) is 36.6 Å². The molecule has 2 aromatic rings. The molecule has 4 rings (SSSR count). The summed E-state index contributed by atoms with van der Waals surface area (Å²) in [6.45, 7) is 2.87. The SMILES string of the molecule is O=C(CSc1nnnn1C1CCCCC1)N[C@@H]1CCN(Cc2ccccc2)C1. The minimum Gasteiger partial charge on any atom is -0.351 e. The van der Waals surface area contributed by atoms with Gasteiger partial charge in [-0.15, -0.1) is 5.10 Å². The minimum absolute atomic E-state index is 0.0646. The molecule has 0 spiro atoms. The van der Waals surface area contributed by atoms with Crippen molar-refractivity contribution in [2.24, 2.45) is 0 Å². The third kappa shape index (κ3) is 5.11. The van der Waals surface area contributed by atoms with Crippen LogP contribution in [0, 0.1) is 0 Å². The lowest BCUT2D eigenvalue weighted by Crippen LogP contribution is -2.38. The third-order valence-electron chi connectivity index (χ3n) is 5.60. The standard InChI is InChI=1S/C20H28N6OS/c27-19(15-28-20-22-23-24-26(20)18-9-5-2-6-10-18)21-17-11-12-25(14-17)13-16-7-3-1-4-8-16/h1,3-4,7-8,17-18H,2,5-6,9-15H2,(H,21,27)/t17-/m1/s1. The van der Waals surface area contributed by atoms with Gasteiger partial charge >= 0.3 is 0 Å². The van der Waals surface area contributed by atoms with E-state index in [-0.39, 0.29) is 11.9 Å².